The van der Waals surface area contributed by atoms with Crippen molar-refractivity contribution in [2.75, 3.05) is 17.2 Å². The molecular formula is C25H24ClN5O6. The standard InChI is InChI=1S/C25H24ClN5O6/c26-15-5-8-18(27-12-15)29-24(34)22-21(20-17(37-22)10-14(11-28-20)25(35)36)30-23(33)13-3-6-16(7-4-13)31-9-1-2-19(31)32/h5,8,10-13,16H,1-4,6-7,9H2,(H,30,33)(H,35,36)(H,27,29,34). The van der Waals surface area contributed by atoms with Crippen LogP contribution in [0.5, 0.6) is 0 Å². The van der Waals surface area contributed by atoms with E-state index in [0.717, 1.165) is 32.0 Å². The Morgan fingerprint density at radius 2 is 1.86 bits per heavy atom. The normalized spacial score (nSPS) is 19.7. The number of hydrogen-bond donors (Lipinski definition) is 3. The number of nitrogens with one attached hydrogen (secondary N) is 2. The van der Waals surface area contributed by atoms with Gasteiger partial charge in [-0.1, -0.05) is 11.6 Å². The van der Waals surface area contributed by atoms with Crippen molar-refractivity contribution in [3.05, 3.63) is 46.9 Å². The van der Waals surface area contributed by atoms with Gasteiger partial charge in [0.05, 0.1) is 10.6 Å². The van der Waals surface area contributed by atoms with Crippen LogP contribution in [-0.4, -0.2) is 56.3 Å². The first-order chi connectivity index (χ1) is 17.8. The van der Waals surface area contributed by atoms with Crippen LogP contribution in [0.3, 0.4) is 0 Å². The van der Waals surface area contributed by atoms with Gasteiger partial charge in [-0.25, -0.2) is 14.8 Å². The van der Waals surface area contributed by atoms with E-state index < -0.39 is 11.9 Å². The summed E-state index contributed by atoms with van der Waals surface area (Å²) in [7, 11) is 0. The molecule has 12 heteroatoms. The van der Waals surface area contributed by atoms with Crippen molar-refractivity contribution in [2.45, 2.75) is 44.6 Å². The number of carboxylic acid groups (broad SMARTS) is 1. The smallest absolute Gasteiger partial charge is 0.337 e. The maximum absolute atomic E-state index is 13.2. The highest BCUT2D eigenvalue weighted by molar-refractivity contribution is 6.30. The Hall–Kier alpha value is -3.99. The summed E-state index contributed by atoms with van der Waals surface area (Å²) in [5.74, 6) is -2.36. The first-order valence-electron chi connectivity index (χ1n) is 12.0. The van der Waals surface area contributed by atoms with E-state index in [2.05, 4.69) is 20.6 Å². The second-order valence-corrected chi connectivity index (χ2v) is 9.62. The van der Waals surface area contributed by atoms with Crippen molar-refractivity contribution in [1.82, 2.24) is 14.9 Å². The maximum atomic E-state index is 13.2. The summed E-state index contributed by atoms with van der Waals surface area (Å²) in [6.45, 7) is 0.770. The van der Waals surface area contributed by atoms with Crippen LogP contribution in [0.4, 0.5) is 11.5 Å². The summed E-state index contributed by atoms with van der Waals surface area (Å²) in [5.41, 5.74) is 0.130. The first kappa shape index (κ1) is 24.7. The van der Waals surface area contributed by atoms with Gasteiger partial charge in [0.25, 0.3) is 5.91 Å². The number of aromatic carboxylic acids is 1. The number of rotatable bonds is 6. The Kier molecular flexibility index (Phi) is 6.79. The molecule has 5 rings (SSSR count). The number of fused-ring (bicyclic) bond motifs is 1. The SMILES string of the molecule is O=C(O)c1cnc2c(NC(=O)C3CCC(N4CCCC4=O)CC3)c(C(=O)Nc3ccc(Cl)cn3)oc2c1. The van der Waals surface area contributed by atoms with Crippen molar-refractivity contribution >= 4 is 57.9 Å². The molecule has 0 bridgehead atoms. The van der Waals surface area contributed by atoms with E-state index in [9.17, 15) is 24.3 Å². The van der Waals surface area contributed by atoms with Crippen LogP contribution in [0, 0.1) is 5.92 Å². The molecule has 1 saturated carbocycles. The van der Waals surface area contributed by atoms with Crippen LogP contribution < -0.4 is 10.6 Å². The summed E-state index contributed by atoms with van der Waals surface area (Å²) >= 11 is 5.85. The molecule has 0 spiro atoms. The van der Waals surface area contributed by atoms with Crippen molar-refractivity contribution < 1.29 is 28.7 Å². The Labute approximate surface area is 216 Å². The van der Waals surface area contributed by atoms with Crippen molar-refractivity contribution in [2.24, 2.45) is 5.92 Å². The minimum Gasteiger partial charge on any atom is -0.478 e. The molecule has 0 radical (unpaired) electrons. The van der Waals surface area contributed by atoms with Gasteiger partial charge in [-0.05, 0) is 50.3 Å². The van der Waals surface area contributed by atoms with Gasteiger partial charge < -0.3 is 25.1 Å². The molecular weight excluding hydrogens is 502 g/mol. The first-order valence-corrected chi connectivity index (χ1v) is 12.4. The molecule has 1 aliphatic carbocycles. The molecule has 3 aromatic rings. The van der Waals surface area contributed by atoms with Crippen molar-refractivity contribution in [3.63, 3.8) is 0 Å². The van der Waals surface area contributed by atoms with Gasteiger partial charge in [-0.3, -0.25) is 14.4 Å². The molecule has 4 heterocycles. The molecule has 192 valence electrons. The number of furan rings is 1. The predicted octanol–water partition coefficient (Wildman–Crippen LogP) is 3.95. The molecule has 37 heavy (non-hydrogen) atoms. The fourth-order valence-electron chi connectivity index (χ4n) is 4.92. The van der Waals surface area contributed by atoms with E-state index in [1.54, 1.807) is 6.07 Å². The molecule has 1 aliphatic heterocycles. The topological polar surface area (TPSA) is 155 Å². The zero-order valence-corrected chi connectivity index (χ0v) is 20.5. The summed E-state index contributed by atoms with van der Waals surface area (Å²) < 4.78 is 5.68. The molecule has 2 fully saturated rings. The van der Waals surface area contributed by atoms with Gasteiger partial charge in [-0.2, -0.15) is 0 Å². The summed E-state index contributed by atoms with van der Waals surface area (Å²) in [6.07, 6.45) is 6.62. The van der Waals surface area contributed by atoms with E-state index >= 15 is 0 Å². The molecule has 3 amide bonds. The number of pyridine rings is 2. The third-order valence-electron chi connectivity index (χ3n) is 6.82. The lowest BCUT2D eigenvalue weighted by atomic mass is 9.84. The van der Waals surface area contributed by atoms with Gasteiger partial charge in [0.2, 0.25) is 17.6 Å². The number of carbonyl (C=O) groups is 4. The van der Waals surface area contributed by atoms with Gasteiger partial charge in [0.1, 0.15) is 17.0 Å². The van der Waals surface area contributed by atoms with Crippen LogP contribution >= 0.6 is 11.6 Å². The Bertz CT molecular complexity index is 1380. The molecule has 2 aliphatic rings. The molecule has 3 N–H and O–H groups in total. The van der Waals surface area contributed by atoms with Crippen LogP contribution in [0.25, 0.3) is 11.1 Å². The maximum Gasteiger partial charge on any atom is 0.337 e. The molecule has 0 aromatic carbocycles. The lowest BCUT2D eigenvalue weighted by Gasteiger charge is -2.34. The van der Waals surface area contributed by atoms with E-state index in [1.807, 2.05) is 4.90 Å². The molecule has 0 atom stereocenters. The van der Waals surface area contributed by atoms with E-state index in [1.165, 1.54) is 18.3 Å². The third kappa shape index (κ3) is 5.12. The lowest BCUT2D eigenvalue weighted by molar-refractivity contribution is -0.130. The van der Waals surface area contributed by atoms with Crippen LogP contribution in [0.2, 0.25) is 5.02 Å². The Balaban J connectivity index is 1.37. The van der Waals surface area contributed by atoms with Gasteiger partial charge in [-0.15, -0.1) is 0 Å². The number of anilines is 2. The average Bonchev–Trinajstić information content (AvgIpc) is 3.48. The number of carbonyl (C=O) groups excluding carboxylic acids is 3. The highest BCUT2D eigenvalue weighted by Gasteiger charge is 2.34. The van der Waals surface area contributed by atoms with Crippen LogP contribution in [0.1, 0.15) is 59.4 Å². The number of amides is 3. The summed E-state index contributed by atoms with van der Waals surface area (Å²) in [6, 6.07) is 4.46. The second kappa shape index (κ2) is 10.2. The van der Waals surface area contributed by atoms with Gasteiger partial charge in [0.15, 0.2) is 5.58 Å². The highest BCUT2D eigenvalue weighted by Crippen LogP contribution is 2.34. The van der Waals surface area contributed by atoms with Gasteiger partial charge in [0, 0.05) is 37.3 Å². The number of carboxylic acids is 1. The monoisotopic (exact) mass is 525 g/mol. The molecule has 11 nitrogen and oxygen atoms in total. The number of nitrogens with zero attached hydrogens (tertiary/aromatic N) is 3. The van der Waals surface area contributed by atoms with Crippen molar-refractivity contribution in [3.8, 4) is 0 Å². The summed E-state index contributed by atoms with van der Waals surface area (Å²) in [4.78, 5) is 59.9. The number of halogens is 1. The van der Waals surface area contributed by atoms with Crippen molar-refractivity contribution in [1.29, 1.82) is 0 Å². The van der Waals surface area contributed by atoms with Crippen LogP contribution in [0.15, 0.2) is 35.0 Å². The predicted molar refractivity (Wildman–Crippen MR) is 133 cm³/mol. The Morgan fingerprint density at radius 1 is 1.08 bits per heavy atom. The van der Waals surface area contributed by atoms with E-state index in [4.69, 9.17) is 16.0 Å². The Morgan fingerprint density at radius 3 is 2.51 bits per heavy atom. The second-order valence-electron chi connectivity index (χ2n) is 9.18. The largest absolute Gasteiger partial charge is 0.478 e. The number of hydrogen-bond acceptors (Lipinski definition) is 7. The summed E-state index contributed by atoms with van der Waals surface area (Å²) in [5, 5.41) is 15.1. The fraction of sp³-hybridized carbons (Fsp3) is 0.360. The third-order valence-corrected chi connectivity index (χ3v) is 7.04. The fourth-order valence-corrected chi connectivity index (χ4v) is 5.04. The molecule has 1 saturated heterocycles. The van der Waals surface area contributed by atoms with E-state index in [0.29, 0.717) is 24.3 Å². The molecule has 3 aromatic heterocycles. The average molecular weight is 526 g/mol. The zero-order valence-electron chi connectivity index (χ0n) is 19.7. The quantitative estimate of drug-likeness (QED) is 0.437. The lowest BCUT2D eigenvalue weighted by Crippen LogP contribution is -2.40. The van der Waals surface area contributed by atoms with E-state index in [-0.39, 0.29) is 57.7 Å². The number of aromatic nitrogens is 2. The van der Waals surface area contributed by atoms with Crippen LogP contribution in [-0.2, 0) is 9.59 Å². The van der Waals surface area contributed by atoms with Gasteiger partial charge >= 0.3 is 5.97 Å². The zero-order chi connectivity index (χ0) is 26.1. The molecule has 0 unspecified atom stereocenters. The highest BCUT2D eigenvalue weighted by atomic mass is 35.5. The minimum atomic E-state index is -1.21. The number of likely N-dealkylation sites (tertiary alicyclic amines) is 1. The minimum absolute atomic E-state index is 0.0423.